The number of carbonyl (C=O) groups is 2. The lowest BCUT2D eigenvalue weighted by Crippen LogP contribution is -2.33. The number of rotatable bonds is 4. The normalized spacial score (nSPS) is 9.95. The van der Waals surface area contributed by atoms with E-state index in [4.69, 9.17) is 0 Å². The zero-order valence-electron chi connectivity index (χ0n) is 9.81. The van der Waals surface area contributed by atoms with E-state index in [-0.39, 0.29) is 18.4 Å². The van der Waals surface area contributed by atoms with Crippen LogP contribution in [0.25, 0.3) is 0 Å². The van der Waals surface area contributed by atoms with Gasteiger partial charge >= 0.3 is 0 Å². The van der Waals surface area contributed by atoms with Gasteiger partial charge in [-0.1, -0.05) is 22.0 Å². The van der Waals surface area contributed by atoms with E-state index in [0.717, 1.165) is 4.47 Å². The van der Waals surface area contributed by atoms with Gasteiger partial charge in [-0.05, 0) is 18.2 Å². The summed E-state index contributed by atoms with van der Waals surface area (Å²) < 4.78 is 0.806. The van der Waals surface area contributed by atoms with Crippen molar-refractivity contribution in [2.24, 2.45) is 0 Å². The Morgan fingerprint density at radius 2 is 2.21 bits per heavy atom. The molecule has 0 unspecified atom stereocenters. The van der Waals surface area contributed by atoms with Crippen LogP contribution in [0.4, 0.5) is 5.95 Å². The molecule has 0 saturated heterocycles. The van der Waals surface area contributed by atoms with Gasteiger partial charge in [-0.15, -0.1) is 0 Å². The Balaban J connectivity index is 1.85. The molecule has 1 aromatic carbocycles. The molecule has 3 N–H and O–H groups in total. The molecule has 1 heterocycles. The third kappa shape index (κ3) is 3.92. The van der Waals surface area contributed by atoms with Crippen LogP contribution in [0.1, 0.15) is 10.4 Å². The number of amides is 2. The van der Waals surface area contributed by atoms with Crippen molar-refractivity contribution in [3.8, 4) is 0 Å². The van der Waals surface area contributed by atoms with Crippen LogP contribution < -0.4 is 10.6 Å². The number of imidazole rings is 1. The van der Waals surface area contributed by atoms with Crippen molar-refractivity contribution < 1.29 is 9.59 Å². The predicted molar refractivity (Wildman–Crippen MR) is 73.7 cm³/mol. The van der Waals surface area contributed by atoms with E-state index in [2.05, 4.69) is 36.5 Å². The van der Waals surface area contributed by atoms with Crippen molar-refractivity contribution in [3.63, 3.8) is 0 Å². The molecule has 7 heteroatoms. The summed E-state index contributed by atoms with van der Waals surface area (Å²) >= 11 is 3.28. The van der Waals surface area contributed by atoms with Crippen molar-refractivity contribution in [3.05, 3.63) is 46.7 Å². The average Bonchev–Trinajstić information content (AvgIpc) is 2.88. The zero-order valence-corrected chi connectivity index (χ0v) is 11.4. The fourth-order valence-corrected chi connectivity index (χ4v) is 1.80. The number of H-pyrrole nitrogens is 1. The maximum Gasteiger partial charge on any atom is 0.251 e. The SMILES string of the molecule is O=C(CNC(=O)c1cccc(Br)c1)Nc1ncc[nH]1. The molecule has 2 aromatic rings. The van der Waals surface area contributed by atoms with E-state index < -0.39 is 0 Å². The Hall–Kier alpha value is -2.15. The third-order valence-electron chi connectivity index (χ3n) is 2.25. The van der Waals surface area contributed by atoms with Crippen molar-refractivity contribution in [1.82, 2.24) is 15.3 Å². The number of carbonyl (C=O) groups excluding carboxylic acids is 2. The minimum Gasteiger partial charge on any atom is -0.343 e. The summed E-state index contributed by atoms with van der Waals surface area (Å²) in [7, 11) is 0. The minimum absolute atomic E-state index is 0.119. The highest BCUT2D eigenvalue weighted by Crippen LogP contribution is 2.11. The Kier molecular flexibility index (Phi) is 4.30. The fourth-order valence-electron chi connectivity index (χ4n) is 1.40. The fraction of sp³-hybridized carbons (Fsp3) is 0.0833. The van der Waals surface area contributed by atoms with E-state index in [0.29, 0.717) is 11.5 Å². The van der Waals surface area contributed by atoms with Gasteiger partial charge in [0.1, 0.15) is 0 Å². The molecule has 0 spiro atoms. The smallest absolute Gasteiger partial charge is 0.251 e. The molecule has 98 valence electrons. The summed E-state index contributed by atoms with van der Waals surface area (Å²) in [6, 6.07) is 6.92. The summed E-state index contributed by atoms with van der Waals surface area (Å²) in [5.74, 6) is -0.309. The van der Waals surface area contributed by atoms with Crippen molar-refractivity contribution in [2.45, 2.75) is 0 Å². The lowest BCUT2D eigenvalue weighted by Gasteiger charge is -2.05. The van der Waals surface area contributed by atoms with Gasteiger partial charge in [-0.2, -0.15) is 0 Å². The molecule has 0 aliphatic carbocycles. The topological polar surface area (TPSA) is 86.9 Å². The molecule has 0 radical (unpaired) electrons. The molecule has 2 amide bonds. The number of nitrogens with zero attached hydrogens (tertiary/aromatic N) is 1. The molecular weight excluding hydrogens is 312 g/mol. The second-order valence-corrected chi connectivity index (χ2v) is 4.59. The lowest BCUT2D eigenvalue weighted by atomic mass is 10.2. The Morgan fingerprint density at radius 1 is 1.37 bits per heavy atom. The summed E-state index contributed by atoms with van der Waals surface area (Å²) in [4.78, 5) is 29.9. The Bertz CT molecular complexity index is 583. The highest BCUT2D eigenvalue weighted by molar-refractivity contribution is 9.10. The molecule has 0 aliphatic heterocycles. The molecule has 0 atom stereocenters. The van der Waals surface area contributed by atoms with Crippen LogP contribution in [0.3, 0.4) is 0 Å². The second kappa shape index (κ2) is 6.14. The summed E-state index contributed by atoms with van der Waals surface area (Å²) in [5.41, 5.74) is 0.486. The number of benzene rings is 1. The number of aromatic amines is 1. The maximum absolute atomic E-state index is 11.8. The Labute approximate surface area is 117 Å². The minimum atomic E-state index is -0.349. The average molecular weight is 323 g/mol. The van der Waals surface area contributed by atoms with E-state index in [1.807, 2.05) is 6.07 Å². The van der Waals surface area contributed by atoms with Crippen molar-refractivity contribution in [2.75, 3.05) is 11.9 Å². The van der Waals surface area contributed by atoms with Gasteiger partial charge < -0.3 is 10.3 Å². The van der Waals surface area contributed by atoms with E-state index in [1.165, 1.54) is 6.20 Å². The van der Waals surface area contributed by atoms with Gasteiger partial charge in [0, 0.05) is 22.4 Å². The molecule has 0 fully saturated rings. The molecular formula is C12H11BrN4O2. The van der Waals surface area contributed by atoms with Crippen molar-refractivity contribution in [1.29, 1.82) is 0 Å². The van der Waals surface area contributed by atoms with Crippen LogP contribution in [0.15, 0.2) is 41.1 Å². The van der Waals surface area contributed by atoms with Crippen LogP contribution in [-0.4, -0.2) is 28.3 Å². The number of halogens is 1. The van der Waals surface area contributed by atoms with Crippen molar-refractivity contribution >= 4 is 33.7 Å². The molecule has 19 heavy (non-hydrogen) atoms. The quantitative estimate of drug-likeness (QED) is 0.798. The van der Waals surface area contributed by atoms with Gasteiger partial charge in [-0.25, -0.2) is 4.98 Å². The summed E-state index contributed by atoms with van der Waals surface area (Å²) in [6.07, 6.45) is 3.12. The third-order valence-corrected chi connectivity index (χ3v) is 2.75. The van der Waals surface area contributed by atoms with Crippen LogP contribution >= 0.6 is 15.9 Å². The van der Waals surface area contributed by atoms with E-state index in [9.17, 15) is 9.59 Å². The standard InChI is InChI=1S/C12H11BrN4O2/c13-9-3-1-2-8(6-9)11(19)16-7-10(18)17-12-14-4-5-15-12/h1-6H,7H2,(H,16,19)(H2,14,15,17,18). The number of nitrogens with one attached hydrogen (secondary N) is 3. The van der Waals surface area contributed by atoms with Gasteiger partial charge in [0.25, 0.3) is 5.91 Å². The van der Waals surface area contributed by atoms with E-state index in [1.54, 1.807) is 24.4 Å². The maximum atomic E-state index is 11.8. The van der Waals surface area contributed by atoms with Crippen LogP contribution in [0.2, 0.25) is 0 Å². The zero-order chi connectivity index (χ0) is 13.7. The first kappa shape index (κ1) is 13.3. The second-order valence-electron chi connectivity index (χ2n) is 3.68. The first-order valence-electron chi connectivity index (χ1n) is 5.48. The molecule has 0 bridgehead atoms. The number of anilines is 1. The van der Waals surface area contributed by atoms with Crippen LogP contribution in [-0.2, 0) is 4.79 Å². The number of aromatic nitrogens is 2. The van der Waals surface area contributed by atoms with Crippen LogP contribution in [0, 0.1) is 0 Å². The first-order valence-corrected chi connectivity index (χ1v) is 6.27. The number of hydrogen-bond donors (Lipinski definition) is 3. The molecule has 6 nitrogen and oxygen atoms in total. The molecule has 2 rings (SSSR count). The molecule has 1 aromatic heterocycles. The van der Waals surface area contributed by atoms with Gasteiger partial charge in [-0.3, -0.25) is 14.9 Å². The monoisotopic (exact) mass is 322 g/mol. The first-order chi connectivity index (χ1) is 9.15. The van der Waals surface area contributed by atoms with Gasteiger partial charge in [0.15, 0.2) is 0 Å². The summed E-state index contributed by atoms with van der Waals surface area (Å²) in [6.45, 7) is -0.119. The lowest BCUT2D eigenvalue weighted by molar-refractivity contribution is -0.115. The molecule has 0 saturated carbocycles. The van der Waals surface area contributed by atoms with Gasteiger partial charge in [0.2, 0.25) is 11.9 Å². The van der Waals surface area contributed by atoms with E-state index >= 15 is 0 Å². The number of hydrogen-bond acceptors (Lipinski definition) is 3. The van der Waals surface area contributed by atoms with Gasteiger partial charge in [0.05, 0.1) is 6.54 Å². The molecule has 0 aliphatic rings. The largest absolute Gasteiger partial charge is 0.343 e. The van der Waals surface area contributed by atoms with Crippen LogP contribution in [0.5, 0.6) is 0 Å². The highest BCUT2D eigenvalue weighted by atomic mass is 79.9. The predicted octanol–water partition coefficient (Wildman–Crippen LogP) is 1.54. The Morgan fingerprint density at radius 3 is 2.89 bits per heavy atom. The summed E-state index contributed by atoms with van der Waals surface area (Å²) in [5, 5.41) is 5.04. The highest BCUT2D eigenvalue weighted by Gasteiger charge is 2.08.